The quantitative estimate of drug-likeness (QED) is 0.815. The lowest BCUT2D eigenvalue weighted by Crippen LogP contribution is -2.51. The molecule has 1 amide bonds. The summed E-state index contributed by atoms with van der Waals surface area (Å²) in [6, 6.07) is 0. The molecule has 1 N–H and O–H groups in total. The smallest absolute Gasteiger partial charge is 0.303 e. The van der Waals surface area contributed by atoms with E-state index in [0.717, 1.165) is 0 Å². The first-order chi connectivity index (χ1) is 8.15. The number of carbonyl (C=O) groups is 2. The number of aliphatic carboxylic acids is 1. The fourth-order valence-electron chi connectivity index (χ4n) is 2.92. The molecule has 17 heavy (non-hydrogen) atoms. The molecule has 0 radical (unpaired) electrons. The summed E-state index contributed by atoms with van der Waals surface area (Å²) in [6.07, 6.45) is 7.11. The van der Waals surface area contributed by atoms with Gasteiger partial charge in [0, 0.05) is 25.4 Å². The first-order valence-corrected chi connectivity index (χ1v) is 6.64. The van der Waals surface area contributed by atoms with E-state index in [1.165, 1.54) is 32.1 Å². The molecular weight excluding hydrogens is 218 g/mol. The largest absolute Gasteiger partial charge is 0.481 e. The van der Waals surface area contributed by atoms with Crippen LogP contribution in [0.25, 0.3) is 0 Å². The van der Waals surface area contributed by atoms with Crippen molar-refractivity contribution in [1.82, 2.24) is 4.90 Å². The normalized spacial score (nSPS) is 22.2. The molecule has 2 fully saturated rings. The second-order valence-electron chi connectivity index (χ2n) is 5.47. The van der Waals surface area contributed by atoms with E-state index < -0.39 is 5.97 Å². The molecule has 96 valence electrons. The van der Waals surface area contributed by atoms with E-state index in [2.05, 4.69) is 0 Å². The number of carboxylic acids is 1. The van der Waals surface area contributed by atoms with E-state index in [1.807, 2.05) is 4.90 Å². The highest BCUT2D eigenvalue weighted by Gasteiger charge is 2.32. The number of hydrogen-bond acceptors (Lipinski definition) is 2. The molecule has 2 aliphatic rings. The highest BCUT2D eigenvalue weighted by molar-refractivity contribution is 5.77. The average Bonchev–Trinajstić information content (AvgIpc) is 2.23. The van der Waals surface area contributed by atoms with E-state index in [1.54, 1.807) is 0 Å². The van der Waals surface area contributed by atoms with Gasteiger partial charge in [-0.15, -0.1) is 0 Å². The standard InChI is InChI=1S/C13H21NO3/c15-12(6-10-4-2-1-3-5-10)14-8-11(9-14)7-13(16)17/h10-11H,1-9H2,(H,16,17). The summed E-state index contributed by atoms with van der Waals surface area (Å²) in [5.41, 5.74) is 0. The Kier molecular flexibility index (Phi) is 4.02. The average molecular weight is 239 g/mol. The summed E-state index contributed by atoms with van der Waals surface area (Å²) in [5, 5.41) is 8.63. The highest BCUT2D eigenvalue weighted by Crippen LogP contribution is 2.28. The minimum atomic E-state index is -0.755. The summed E-state index contributed by atoms with van der Waals surface area (Å²) >= 11 is 0. The van der Waals surface area contributed by atoms with Gasteiger partial charge >= 0.3 is 5.97 Å². The summed E-state index contributed by atoms with van der Waals surface area (Å²) in [5.74, 6) is 0.241. The number of rotatable bonds is 4. The van der Waals surface area contributed by atoms with Gasteiger partial charge in [0.15, 0.2) is 0 Å². The third-order valence-corrected chi connectivity index (χ3v) is 3.96. The van der Waals surface area contributed by atoms with Crippen LogP contribution in [0, 0.1) is 11.8 Å². The van der Waals surface area contributed by atoms with Crippen molar-refractivity contribution in [2.75, 3.05) is 13.1 Å². The zero-order valence-corrected chi connectivity index (χ0v) is 10.2. The highest BCUT2D eigenvalue weighted by atomic mass is 16.4. The maximum atomic E-state index is 11.9. The maximum Gasteiger partial charge on any atom is 0.303 e. The molecule has 0 spiro atoms. The van der Waals surface area contributed by atoms with Gasteiger partial charge in [0.1, 0.15) is 0 Å². The van der Waals surface area contributed by atoms with Gasteiger partial charge in [-0.3, -0.25) is 9.59 Å². The number of carbonyl (C=O) groups excluding carboxylic acids is 1. The summed E-state index contributed by atoms with van der Waals surface area (Å²) in [4.78, 5) is 24.2. The van der Waals surface area contributed by atoms with Crippen molar-refractivity contribution in [2.45, 2.75) is 44.9 Å². The number of nitrogens with zero attached hydrogens (tertiary/aromatic N) is 1. The van der Waals surface area contributed by atoms with Gasteiger partial charge < -0.3 is 10.0 Å². The lowest BCUT2D eigenvalue weighted by atomic mass is 9.86. The monoisotopic (exact) mass is 239 g/mol. The van der Waals surface area contributed by atoms with Gasteiger partial charge in [-0.1, -0.05) is 19.3 Å². The molecule has 1 saturated carbocycles. The van der Waals surface area contributed by atoms with Crippen molar-refractivity contribution in [2.24, 2.45) is 11.8 Å². The first kappa shape index (κ1) is 12.4. The van der Waals surface area contributed by atoms with E-state index in [4.69, 9.17) is 5.11 Å². The van der Waals surface area contributed by atoms with Crippen LogP contribution >= 0.6 is 0 Å². The molecule has 4 heteroatoms. The molecule has 2 rings (SSSR count). The van der Waals surface area contributed by atoms with Gasteiger partial charge in [0.05, 0.1) is 6.42 Å². The van der Waals surface area contributed by atoms with E-state index in [-0.39, 0.29) is 18.2 Å². The molecule has 4 nitrogen and oxygen atoms in total. The lowest BCUT2D eigenvalue weighted by molar-refractivity contribution is -0.145. The molecular formula is C13H21NO3. The Balaban J connectivity index is 1.66. The van der Waals surface area contributed by atoms with Crippen molar-refractivity contribution in [3.8, 4) is 0 Å². The van der Waals surface area contributed by atoms with Crippen LogP contribution in [-0.2, 0) is 9.59 Å². The molecule has 1 aliphatic heterocycles. The molecule has 0 unspecified atom stereocenters. The molecule has 1 saturated heterocycles. The van der Waals surface area contributed by atoms with Gasteiger partial charge in [-0.25, -0.2) is 0 Å². The number of likely N-dealkylation sites (tertiary alicyclic amines) is 1. The van der Waals surface area contributed by atoms with Crippen LogP contribution in [0.15, 0.2) is 0 Å². The van der Waals surface area contributed by atoms with Crippen LogP contribution in [0.3, 0.4) is 0 Å². The minimum absolute atomic E-state index is 0.183. The van der Waals surface area contributed by atoms with Gasteiger partial charge in [0.25, 0.3) is 0 Å². The van der Waals surface area contributed by atoms with Crippen molar-refractivity contribution in [1.29, 1.82) is 0 Å². The third kappa shape index (κ3) is 3.45. The van der Waals surface area contributed by atoms with Crippen LogP contribution in [0.1, 0.15) is 44.9 Å². The van der Waals surface area contributed by atoms with Crippen molar-refractivity contribution in [3.63, 3.8) is 0 Å². The zero-order valence-electron chi connectivity index (χ0n) is 10.2. The van der Waals surface area contributed by atoms with Crippen LogP contribution in [-0.4, -0.2) is 35.0 Å². The Hall–Kier alpha value is -1.06. The van der Waals surface area contributed by atoms with Crippen LogP contribution in [0.5, 0.6) is 0 Å². The van der Waals surface area contributed by atoms with E-state index in [9.17, 15) is 9.59 Å². The molecule has 0 aromatic rings. The van der Waals surface area contributed by atoms with Crippen LogP contribution in [0.4, 0.5) is 0 Å². The van der Waals surface area contributed by atoms with E-state index in [0.29, 0.717) is 25.4 Å². The summed E-state index contributed by atoms with van der Waals surface area (Å²) in [6.45, 7) is 1.30. The maximum absolute atomic E-state index is 11.9. The molecule has 1 heterocycles. The SMILES string of the molecule is O=C(O)CC1CN(C(=O)CC2CCCCC2)C1. The fraction of sp³-hybridized carbons (Fsp3) is 0.846. The van der Waals surface area contributed by atoms with Gasteiger partial charge in [-0.2, -0.15) is 0 Å². The topological polar surface area (TPSA) is 57.6 Å². The van der Waals surface area contributed by atoms with Crippen LogP contribution < -0.4 is 0 Å². The second kappa shape index (κ2) is 5.52. The van der Waals surface area contributed by atoms with Crippen molar-refractivity contribution in [3.05, 3.63) is 0 Å². The number of carboxylic acid groups (broad SMARTS) is 1. The van der Waals surface area contributed by atoms with Crippen molar-refractivity contribution < 1.29 is 14.7 Å². The zero-order chi connectivity index (χ0) is 12.3. The number of amides is 1. The van der Waals surface area contributed by atoms with Crippen molar-refractivity contribution >= 4 is 11.9 Å². The van der Waals surface area contributed by atoms with Gasteiger partial charge in [-0.05, 0) is 18.8 Å². The molecule has 0 atom stereocenters. The van der Waals surface area contributed by atoms with E-state index >= 15 is 0 Å². The Labute approximate surface area is 102 Å². The first-order valence-electron chi connectivity index (χ1n) is 6.64. The minimum Gasteiger partial charge on any atom is -0.481 e. The Bertz CT molecular complexity index is 291. The van der Waals surface area contributed by atoms with Crippen LogP contribution in [0.2, 0.25) is 0 Å². The predicted octanol–water partition coefficient (Wildman–Crippen LogP) is 1.89. The Morgan fingerprint density at radius 1 is 1.00 bits per heavy atom. The molecule has 0 bridgehead atoms. The molecule has 1 aliphatic carbocycles. The molecule has 0 aromatic heterocycles. The summed E-state index contributed by atoms with van der Waals surface area (Å²) < 4.78 is 0. The fourth-order valence-corrected chi connectivity index (χ4v) is 2.92. The number of hydrogen-bond donors (Lipinski definition) is 1. The second-order valence-corrected chi connectivity index (χ2v) is 5.47. The van der Waals surface area contributed by atoms with Gasteiger partial charge in [0.2, 0.25) is 5.91 Å². The lowest BCUT2D eigenvalue weighted by Gasteiger charge is -2.39. The third-order valence-electron chi connectivity index (χ3n) is 3.96. The molecule has 0 aromatic carbocycles. The Morgan fingerprint density at radius 3 is 2.24 bits per heavy atom. The summed E-state index contributed by atoms with van der Waals surface area (Å²) in [7, 11) is 0. The Morgan fingerprint density at radius 2 is 1.65 bits per heavy atom. The predicted molar refractivity (Wildman–Crippen MR) is 63.5 cm³/mol.